The van der Waals surface area contributed by atoms with E-state index in [1.165, 1.54) is 6.92 Å². The number of para-hydroxylation sites is 1. The quantitative estimate of drug-likeness (QED) is 0.421. The van der Waals surface area contributed by atoms with E-state index in [1.54, 1.807) is 42.7 Å². The average Bonchev–Trinajstić information content (AvgIpc) is 3.19. The molecule has 0 aliphatic rings. The number of carbonyl (C=O) groups excluding carboxylic acids is 2. The number of rotatable bonds is 5. The van der Waals surface area contributed by atoms with Gasteiger partial charge in [-0.05, 0) is 65.3 Å². The predicted octanol–water partition coefficient (Wildman–Crippen LogP) is 4.57. The fraction of sp³-hybridized carbons (Fsp3) is 0.0909. The van der Waals surface area contributed by atoms with Gasteiger partial charge in [0.25, 0.3) is 5.91 Å². The van der Waals surface area contributed by atoms with Crippen LogP contribution in [0.5, 0.6) is 0 Å². The predicted molar refractivity (Wildman–Crippen MR) is 117 cm³/mol. The second-order valence-electron chi connectivity index (χ2n) is 6.58. The fourth-order valence-corrected chi connectivity index (χ4v) is 3.24. The molecule has 1 amide bonds. The highest BCUT2D eigenvalue weighted by molar-refractivity contribution is 9.10. The van der Waals surface area contributed by atoms with E-state index in [0.29, 0.717) is 28.1 Å². The third-order valence-corrected chi connectivity index (χ3v) is 5.13. The number of benzene rings is 2. The Hall–Kier alpha value is -3.52. The molecule has 150 valence electrons. The molecule has 8 heteroatoms. The van der Waals surface area contributed by atoms with E-state index in [0.717, 1.165) is 10.0 Å². The number of aromatic amines is 1. The summed E-state index contributed by atoms with van der Waals surface area (Å²) in [6, 6.07) is 15.9. The highest BCUT2D eigenvalue weighted by Crippen LogP contribution is 2.23. The van der Waals surface area contributed by atoms with Gasteiger partial charge in [0.2, 0.25) is 0 Å². The van der Waals surface area contributed by atoms with Gasteiger partial charge >= 0.3 is 5.97 Å². The number of ether oxygens (including phenoxy) is 1. The number of nitrogens with zero attached hydrogens (tertiary/aromatic N) is 2. The van der Waals surface area contributed by atoms with Crippen molar-refractivity contribution in [1.82, 2.24) is 15.0 Å². The Morgan fingerprint density at radius 2 is 1.97 bits per heavy atom. The van der Waals surface area contributed by atoms with E-state index in [9.17, 15) is 9.59 Å². The molecule has 4 rings (SSSR count). The number of aromatic nitrogens is 3. The van der Waals surface area contributed by atoms with Gasteiger partial charge in [0.05, 0.1) is 22.3 Å². The minimum atomic E-state index is -0.965. The van der Waals surface area contributed by atoms with Gasteiger partial charge in [-0.15, -0.1) is 0 Å². The molecule has 0 bridgehead atoms. The van der Waals surface area contributed by atoms with Crippen LogP contribution < -0.4 is 5.32 Å². The topological polar surface area (TPSA) is 97.0 Å². The van der Waals surface area contributed by atoms with Crippen molar-refractivity contribution in [3.05, 3.63) is 77.0 Å². The molecule has 4 aromatic rings. The molecule has 0 spiro atoms. The van der Waals surface area contributed by atoms with Crippen molar-refractivity contribution >= 4 is 44.5 Å². The first-order valence-corrected chi connectivity index (χ1v) is 9.97. The molecule has 7 nitrogen and oxygen atoms in total. The van der Waals surface area contributed by atoms with E-state index >= 15 is 0 Å². The lowest BCUT2D eigenvalue weighted by atomic mass is 10.2. The molecule has 1 unspecified atom stereocenters. The molecule has 30 heavy (non-hydrogen) atoms. The van der Waals surface area contributed by atoms with Gasteiger partial charge in [-0.1, -0.05) is 12.1 Å². The summed E-state index contributed by atoms with van der Waals surface area (Å²) in [6.07, 6.45) is 2.43. The van der Waals surface area contributed by atoms with E-state index in [1.807, 2.05) is 24.3 Å². The Kier molecular flexibility index (Phi) is 5.58. The van der Waals surface area contributed by atoms with Crippen molar-refractivity contribution < 1.29 is 14.3 Å². The summed E-state index contributed by atoms with van der Waals surface area (Å²) in [5.41, 5.74) is 3.17. The van der Waals surface area contributed by atoms with Crippen molar-refractivity contribution in [3.63, 3.8) is 0 Å². The van der Waals surface area contributed by atoms with Crippen LogP contribution in [0.1, 0.15) is 17.3 Å². The second kappa shape index (κ2) is 8.46. The molecule has 0 fully saturated rings. The number of imidazole rings is 1. The van der Waals surface area contributed by atoms with Crippen LogP contribution in [0.15, 0.2) is 71.5 Å². The van der Waals surface area contributed by atoms with E-state index < -0.39 is 18.0 Å². The third-order valence-electron chi connectivity index (χ3n) is 4.44. The number of amides is 1. The van der Waals surface area contributed by atoms with Crippen molar-refractivity contribution in [2.24, 2.45) is 0 Å². The maximum atomic E-state index is 12.5. The molecule has 2 aromatic carbocycles. The fourth-order valence-electron chi connectivity index (χ4n) is 2.86. The third kappa shape index (κ3) is 4.23. The minimum Gasteiger partial charge on any atom is -0.449 e. The van der Waals surface area contributed by atoms with Crippen LogP contribution in [0, 0.1) is 0 Å². The molecule has 0 aliphatic heterocycles. The van der Waals surface area contributed by atoms with Crippen LogP contribution in [-0.4, -0.2) is 32.9 Å². The zero-order valence-electron chi connectivity index (χ0n) is 15.9. The number of nitrogens with one attached hydrogen (secondary N) is 2. The van der Waals surface area contributed by atoms with Gasteiger partial charge in [-0.3, -0.25) is 9.78 Å². The summed E-state index contributed by atoms with van der Waals surface area (Å²) in [7, 11) is 0. The Bertz CT molecular complexity index is 1220. The lowest BCUT2D eigenvalue weighted by molar-refractivity contribution is -0.123. The summed E-state index contributed by atoms with van der Waals surface area (Å²) in [4.78, 5) is 36.7. The Balaban J connectivity index is 1.47. The van der Waals surface area contributed by atoms with Gasteiger partial charge in [-0.2, -0.15) is 0 Å². The summed E-state index contributed by atoms with van der Waals surface area (Å²) in [6.45, 7) is 1.53. The summed E-state index contributed by atoms with van der Waals surface area (Å²) in [5.74, 6) is -0.356. The number of hydrogen-bond donors (Lipinski definition) is 2. The first-order valence-electron chi connectivity index (χ1n) is 9.18. The lowest BCUT2D eigenvalue weighted by Crippen LogP contribution is -2.30. The van der Waals surface area contributed by atoms with Crippen LogP contribution >= 0.6 is 15.9 Å². The molecule has 2 aromatic heterocycles. The van der Waals surface area contributed by atoms with Crippen LogP contribution in [0.4, 0.5) is 5.69 Å². The zero-order valence-corrected chi connectivity index (χ0v) is 17.5. The first kappa shape index (κ1) is 19.8. The van der Waals surface area contributed by atoms with E-state index in [2.05, 4.69) is 36.2 Å². The van der Waals surface area contributed by atoms with Crippen molar-refractivity contribution in [3.8, 4) is 11.4 Å². The minimum absolute atomic E-state index is 0.324. The van der Waals surface area contributed by atoms with Crippen molar-refractivity contribution in [2.75, 3.05) is 5.32 Å². The number of hydrogen-bond acceptors (Lipinski definition) is 5. The molecule has 2 heterocycles. The van der Waals surface area contributed by atoms with Gasteiger partial charge in [0.1, 0.15) is 5.82 Å². The maximum absolute atomic E-state index is 12.5. The number of fused-ring (bicyclic) bond motifs is 1. The SMILES string of the molecule is CC(OC(=O)c1ccc2nc(-c3cccnc3)[nH]c2c1)C(=O)Nc1ccccc1Br. The molecule has 0 saturated heterocycles. The van der Waals surface area contributed by atoms with Crippen LogP contribution in [0.2, 0.25) is 0 Å². The summed E-state index contributed by atoms with van der Waals surface area (Å²) in [5, 5.41) is 2.73. The normalized spacial score (nSPS) is 11.8. The summed E-state index contributed by atoms with van der Waals surface area (Å²) < 4.78 is 6.08. The Morgan fingerprint density at radius 3 is 2.73 bits per heavy atom. The van der Waals surface area contributed by atoms with Crippen molar-refractivity contribution in [2.45, 2.75) is 13.0 Å². The smallest absolute Gasteiger partial charge is 0.338 e. The van der Waals surface area contributed by atoms with Gasteiger partial charge < -0.3 is 15.0 Å². The number of pyridine rings is 1. The highest BCUT2D eigenvalue weighted by atomic mass is 79.9. The molecular weight excluding hydrogens is 448 g/mol. The monoisotopic (exact) mass is 464 g/mol. The number of esters is 1. The lowest BCUT2D eigenvalue weighted by Gasteiger charge is -2.14. The van der Waals surface area contributed by atoms with Crippen LogP contribution in [0.25, 0.3) is 22.4 Å². The van der Waals surface area contributed by atoms with Crippen LogP contribution in [0.3, 0.4) is 0 Å². The highest BCUT2D eigenvalue weighted by Gasteiger charge is 2.20. The largest absolute Gasteiger partial charge is 0.449 e. The van der Waals surface area contributed by atoms with E-state index in [-0.39, 0.29) is 0 Å². The standard InChI is InChI=1S/C22H17BrN4O3/c1-13(21(28)27-17-7-3-2-6-16(17)23)30-22(29)14-8-9-18-19(11-14)26-20(25-18)15-5-4-10-24-12-15/h2-13H,1H3,(H,25,26)(H,27,28). The number of carbonyl (C=O) groups is 2. The first-order chi connectivity index (χ1) is 14.5. The average molecular weight is 465 g/mol. The van der Waals surface area contributed by atoms with Gasteiger partial charge in [0.15, 0.2) is 6.10 Å². The van der Waals surface area contributed by atoms with Gasteiger partial charge in [0, 0.05) is 22.4 Å². The summed E-state index contributed by atoms with van der Waals surface area (Å²) >= 11 is 3.37. The number of halogens is 1. The van der Waals surface area contributed by atoms with Crippen LogP contribution in [-0.2, 0) is 9.53 Å². The van der Waals surface area contributed by atoms with Crippen molar-refractivity contribution in [1.29, 1.82) is 0 Å². The zero-order chi connectivity index (χ0) is 21.1. The molecule has 2 N–H and O–H groups in total. The number of anilines is 1. The number of H-pyrrole nitrogens is 1. The molecular formula is C22H17BrN4O3. The van der Waals surface area contributed by atoms with E-state index in [4.69, 9.17) is 4.74 Å². The molecule has 0 radical (unpaired) electrons. The Labute approximate surface area is 180 Å². The molecule has 1 atom stereocenters. The second-order valence-corrected chi connectivity index (χ2v) is 7.43. The van der Waals surface area contributed by atoms with Gasteiger partial charge in [-0.25, -0.2) is 9.78 Å². The Morgan fingerprint density at radius 1 is 1.13 bits per heavy atom. The molecule has 0 saturated carbocycles. The molecule has 0 aliphatic carbocycles. The maximum Gasteiger partial charge on any atom is 0.338 e.